The van der Waals surface area contributed by atoms with Gasteiger partial charge in [-0.25, -0.2) is 9.78 Å². The molecule has 0 aliphatic heterocycles. The van der Waals surface area contributed by atoms with Crippen LogP contribution in [0.25, 0.3) is 0 Å². The molecule has 0 saturated heterocycles. The average molecular weight is 287 g/mol. The minimum Gasteiger partial charge on any atom is -0.497 e. The third kappa shape index (κ3) is 3.72. The van der Waals surface area contributed by atoms with Crippen LogP contribution in [0.3, 0.4) is 0 Å². The SMILES string of the molecule is COc1ccc(Oc2cc(C(=O)O)cc(C(C)C)n2)cc1. The maximum absolute atomic E-state index is 11.2. The summed E-state index contributed by atoms with van der Waals surface area (Å²) in [6.45, 7) is 3.90. The number of methoxy groups -OCH3 is 1. The van der Waals surface area contributed by atoms with Crippen LogP contribution >= 0.6 is 0 Å². The molecule has 0 saturated carbocycles. The van der Waals surface area contributed by atoms with Gasteiger partial charge in [0.25, 0.3) is 0 Å². The highest BCUT2D eigenvalue weighted by molar-refractivity contribution is 5.88. The first-order valence-corrected chi connectivity index (χ1v) is 6.57. The number of carboxylic acids is 1. The van der Waals surface area contributed by atoms with Crippen molar-refractivity contribution in [2.75, 3.05) is 7.11 Å². The van der Waals surface area contributed by atoms with Gasteiger partial charge in [0.15, 0.2) is 0 Å². The summed E-state index contributed by atoms with van der Waals surface area (Å²) in [7, 11) is 1.59. The first kappa shape index (κ1) is 14.8. The van der Waals surface area contributed by atoms with Crippen molar-refractivity contribution in [1.82, 2.24) is 4.98 Å². The molecule has 0 radical (unpaired) electrons. The number of benzene rings is 1. The number of carboxylic acid groups (broad SMARTS) is 1. The summed E-state index contributed by atoms with van der Waals surface area (Å²) in [5.74, 6) is 0.670. The van der Waals surface area contributed by atoms with E-state index >= 15 is 0 Å². The van der Waals surface area contributed by atoms with Crippen LogP contribution in [-0.4, -0.2) is 23.2 Å². The van der Waals surface area contributed by atoms with Crippen molar-refractivity contribution in [2.24, 2.45) is 0 Å². The minimum absolute atomic E-state index is 0.113. The van der Waals surface area contributed by atoms with Crippen LogP contribution in [0.4, 0.5) is 0 Å². The van der Waals surface area contributed by atoms with Crippen molar-refractivity contribution in [1.29, 1.82) is 0 Å². The summed E-state index contributed by atoms with van der Waals surface area (Å²) in [6.07, 6.45) is 0. The van der Waals surface area contributed by atoms with Gasteiger partial charge in [-0.1, -0.05) is 13.8 Å². The van der Waals surface area contributed by atoms with Gasteiger partial charge in [-0.15, -0.1) is 0 Å². The molecule has 1 aromatic heterocycles. The van der Waals surface area contributed by atoms with Crippen molar-refractivity contribution in [3.63, 3.8) is 0 Å². The molecular weight excluding hydrogens is 270 g/mol. The Morgan fingerprint density at radius 1 is 1.14 bits per heavy atom. The summed E-state index contributed by atoms with van der Waals surface area (Å²) in [5, 5.41) is 9.15. The van der Waals surface area contributed by atoms with E-state index in [9.17, 15) is 4.79 Å². The molecule has 110 valence electrons. The third-order valence-corrected chi connectivity index (χ3v) is 2.94. The minimum atomic E-state index is -1.00. The number of nitrogens with zero attached hydrogens (tertiary/aromatic N) is 1. The van der Waals surface area contributed by atoms with Gasteiger partial charge in [0.2, 0.25) is 5.88 Å². The van der Waals surface area contributed by atoms with Gasteiger partial charge in [0.1, 0.15) is 11.5 Å². The average Bonchev–Trinajstić information content (AvgIpc) is 2.47. The van der Waals surface area contributed by atoms with Crippen molar-refractivity contribution >= 4 is 5.97 Å². The molecule has 1 heterocycles. The lowest BCUT2D eigenvalue weighted by Crippen LogP contribution is -2.03. The van der Waals surface area contributed by atoms with E-state index in [1.54, 1.807) is 37.4 Å². The van der Waals surface area contributed by atoms with Gasteiger partial charge in [0.05, 0.1) is 12.7 Å². The van der Waals surface area contributed by atoms with E-state index in [1.165, 1.54) is 6.07 Å². The molecule has 0 atom stereocenters. The van der Waals surface area contributed by atoms with E-state index in [-0.39, 0.29) is 17.4 Å². The lowest BCUT2D eigenvalue weighted by atomic mass is 10.1. The largest absolute Gasteiger partial charge is 0.497 e. The monoisotopic (exact) mass is 287 g/mol. The van der Waals surface area contributed by atoms with Crippen LogP contribution in [0, 0.1) is 0 Å². The topological polar surface area (TPSA) is 68.7 Å². The highest BCUT2D eigenvalue weighted by atomic mass is 16.5. The molecule has 0 fully saturated rings. The summed E-state index contributed by atoms with van der Waals surface area (Å²) in [5.41, 5.74) is 0.843. The zero-order valence-electron chi connectivity index (χ0n) is 12.2. The van der Waals surface area contributed by atoms with E-state index in [4.69, 9.17) is 14.6 Å². The predicted molar refractivity (Wildman–Crippen MR) is 78.4 cm³/mol. The molecule has 0 aliphatic rings. The fourth-order valence-corrected chi connectivity index (χ4v) is 1.76. The second-order valence-corrected chi connectivity index (χ2v) is 4.86. The van der Waals surface area contributed by atoms with Crippen LogP contribution in [0.5, 0.6) is 17.4 Å². The second-order valence-electron chi connectivity index (χ2n) is 4.86. The Morgan fingerprint density at radius 2 is 1.76 bits per heavy atom. The van der Waals surface area contributed by atoms with Crippen LogP contribution in [0.2, 0.25) is 0 Å². The predicted octanol–water partition coefficient (Wildman–Crippen LogP) is 3.70. The molecule has 0 unspecified atom stereocenters. The lowest BCUT2D eigenvalue weighted by molar-refractivity contribution is 0.0696. The van der Waals surface area contributed by atoms with Crippen molar-refractivity contribution in [2.45, 2.75) is 19.8 Å². The molecule has 2 rings (SSSR count). The number of ether oxygens (including phenoxy) is 2. The van der Waals surface area contributed by atoms with Crippen LogP contribution in [0.15, 0.2) is 36.4 Å². The molecule has 5 nitrogen and oxygen atoms in total. The molecule has 0 aliphatic carbocycles. The number of carbonyl (C=O) groups is 1. The van der Waals surface area contributed by atoms with Gasteiger partial charge in [0, 0.05) is 11.8 Å². The van der Waals surface area contributed by atoms with Gasteiger partial charge >= 0.3 is 5.97 Å². The van der Waals surface area contributed by atoms with E-state index in [0.717, 1.165) is 5.75 Å². The fraction of sp³-hybridized carbons (Fsp3) is 0.250. The molecule has 1 N–H and O–H groups in total. The number of rotatable bonds is 5. The van der Waals surface area contributed by atoms with Crippen molar-refractivity contribution < 1.29 is 19.4 Å². The third-order valence-electron chi connectivity index (χ3n) is 2.94. The zero-order valence-corrected chi connectivity index (χ0v) is 12.2. The van der Waals surface area contributed by atoms with Crippen LogP contribution in [-0.2, 0) is 0 Å². The second kappa shape index (κ2) is 6.26. The molecular formula is C16H17NO4. The molecule has 0 amide bonds. The van der Waals surface area contributed by atoms with Crippen LogP contribution in [0.1, 0.15) is 35.8 Å². The molecule has 1 aromatic carbocycles. The lowest BCUT2D eigenvalue weighted by Gasteiger charge is -2.10. The first-order chi connectivity index (χ1) is 9.99. The van der Waals surface area contributed by atoms with Crippen molar-refractivity contribution in [3.05, 3.63) is 47.7 Å². The van der Waals surface area contributed by atoms with Gasteiger partial charge in [-0.05, 0) is 36.2 Å². The molecule has 2 aromatic rings. The Balaban J connectivity index is 2.31. The summed E-state index contributed by atoms with van der Waals surface area (Å²) >= 11 is 0. The highest BCUT2D eigenvalue weighted by Gasteiger charge is 2.12. The maximum atomic E-state index is 11.2. The Hall–Kier alpha value is -2.56. The van der Waals surface area contributed by atoms with E-state index in [0.29, 0.717) is 11.4 Å². The number of hydrogen-bond acceptors (Lipinski definition) is 4. The first-order valence-electron chi connectivity index (χ1n) is 6.57. The summed E-state index contributed by atoms with van der Waals surface area (Å²) in [6, 6.07) is 9.98. The molecule has 21 heavy (non-hydrogen) atoms. The summed E-state index contributed by atoms with van der Waals surface area (Å²) < 4.78 is 10.7. The Labute approximate surface area is 123 Å². The quantitative estimate of drug-likeness (QED) is 0.908. The normalized spacial score (nSPS) is 10.5. The fourth-order valence-electron chi connectivity index (χ4n) is 1.76. The number of aromatic carboxylic acids is 1. The van der Waals surface area contributed by atoms with E-state index in [1.807, 2.05) is 13.8 Å². The van der Waals surface area contributed by atoms with Crippen LogP contribution < -0.4 is 9.47 Å². The zero-order chi connectivity index (χ0) is 15.4. The molecule has 0 bridgehead atoms. The van der Waals surface area contributed by atoms with Gasteiger partial charge in [-0.2, -0.15) is 0 Å². The Kier molecular flexibility index (Phi) is 4.42. The molecule has 0 spiro atoms. The number of pyridine rings is 1. The highest BCUT2D eigenvalue weighted by Crippen LogP contribution is 2.25. The Morgan fingerprint density at radius 3 is 2.29 bits per heavy atom. The Bertz CT molecular complexity index is 635. The number of aromatic nitrogens is 1. The van der Waals surface area contributed by atoms with E-state index in [2.05, 4.69) is 4.98 Å². The van der Waals surface area contributed by atoms with Crippen molar-refractivity contribution in [3.8, 4) is 17.4 Å². The molecule has 5 heteroatoms. The number of hydrogen-bond donors (Lipinski definition) is 1. The standard InChI is InChI=1S/C16H17NO4/c1-10(2)14-8-11(16(18)19)9-15(17-14)21-13-6-4-12(20-3)5-7-13/h4-10H,1-3H3,(H,18,19). The van der Waals surface area contributed by atoms with E-state index < -0.39 is 5.97 Å². The van der Waals surface area contributed by atoms with Gasteiger partial charge in [-0.3, -0.25) is 0 Å². The smallest absolute Gasteiger partial charge is 0.335 e. The van der Waals surface area contributed by atoms with Gasteiger partial charge < -0.3 is 14.6 Å². The summed E-state index contributed by atoms with van der Waals surface area (Å²) in [4.78, 5) is 15.5. The maximum Gasteiger partial charge on any atom is 0.335 e.